The molecule has 0 radical (unpaired) electrons. The number of esters is 1. The first-order valence-corrected chi connectivity index (χ1v) is 12.0. The molecular formula is C24H23BrClNO4S. The molecule has 0 saturated carbocycles. The number of hydrogen-bond acceptors (Lipinski definition) is 5. The first-order chi connectivity index (χ1) is 15.2. The normalized spacial score (nSPS) is 10.7. The van der Waals surface area contributed by atoms with Gasteiger partial charge in [0.05, 0.1) is 11.1 Å². The van der Waals surface area contributed by atoms with E-state index in [1.54, 1.807) is 13.0 Å². The molecule has 1 heterocycles. The van der Waals surface area contributed by atoms with E-state index in [4.69, 9.17) is 21.1 Å². The lowest BCUT2D eigenvalue weighted by Crippen LogP contribution is -2.21. The summed E-state index contributed by atoms with van der Waals surface area (Å²) in [5.41, 5.74) is 3.70. The molecule has 0 aliphatic heterocycles. The number of hydrogen-bond donors (Lipinski definition) is 1. The second-order valence-corrected chi connectivity index (χ2v) is 9.50. The maximum absolute atomic E-state index is 12.8. The molecule has 2 aromatic carbocycles. The van der Waals surface area contributed by atoms with Gasteiger partial charge in [0.1, 0.15) is 16.3 Å². The van der Waals surface area contributed by atoms with E-state index < -0.39 is 5.97 Å². The second-order valence-electron chi connectivity index (χ2n) is 7.11. The van der Waals surface area contributed by atoms with Crippen LogP contribution >= 0.6 is 38.9 Å². The van der Waals surface area contributed by atoms with Gasteiger partial charge in [-0.05, 0) is 66.4 Å². The topological polar surface area (TPSA) is 64.6 Å². The molecule has 0 saturated heterocycles. The number of nitrogens with one attached hydrogen (secondary N) is 1. The van der Waals surface area contributed by atoms with Crippen molar-refractivity contribution in [2.24, 2.45) is 0 Å². The Morgan fingerprint density at radius 2 is 1.84 bits per heavy atom. The van der Waals surface area contributed by atoms with Gasteiger partial charge in [0, 0.05) is 15.5 Å². The summed E-state index contributed by atoms with van der Waals surface area (Å²) in [6.45, 7) is 7.43. The molecule has 168 valence electrons. The minimum atomic E-state index is -0.474. The molecule has 1 aromatic heterocycles. The fourth-order valence-corrected chi connectivity index (χ4v) is 5.07. The molecular weight excluding hydrogens is 514 g/mol. The predicted molar refractivity (Wildman–Crippen MR) is 133 cm³/mol. The van der Waals surface area contributed by atoms with Gasteiger partial charge in [-0.2, -0.15) is 0 Å². The summed E-state index contributed by atoms with van der Waals surface area (Å²) in [4.78, 5) is 26.4. The van der Waals surface area contributed by atoms with Gasteiger partial charge in [-0.1, -0.05) is 41.9 Å². The van der Waals surface area contributed by atoms with E-state index in [9.17, 15) is 9.59 Å². The fraction of sp³-hybridized carbons (Fsp3) is 0.250. The molecule has 0 fully saturated rings. The van der Waals surface area contributed by atoms with Crippen molar-refractivity contribution in [2.45, 2.75) is 27.7 Å². The number of amides is 1. The average molecular weight is 537 g/mol. The van der Waals surface area contributed by atoms with Crippen LogP contribution in [0, 0.1) is 20.8 Å². The van der Waals surface area contributed by atoms with Gasteiger partial charge in [-0.3, -0.25) is 4.79 Å². The Balaban J connectivity index is 1.86. The molecule has 0 atom stereocenters. The number of aryl methyl sites for hydroxylation is 2. The van der Waals surface area contributed by atoms with Crippen LogP contribution in [0.25, 0.3) is 11.1 Å². The summed E-state index contributed by atoms with van der Waals surface area (Å²) in [5, 5.41) is 3.91. The number of carbonyl (C=O) groups excluding carboxylic acids is 2. The van der Waals surface area contributed by atoms with Crippen LogP contribution in [0.3, 0.4) is 0 Å². The summed E-state index contributed by atoms with van der Waals surface area (Å²) in [6, 6.07) is 11.3. The van der Waals surface area contributed by atoms with Crippen LogP contribution in [0.2, 0.25) is 5.02 Å². The lowest BCUT2D eigenvalue weighted by Gasteiger charge is -2.13. The SMILES string of the molecule is CCOC(=O)c1c(NC(=O)COc2cc(C)c(Cl)c(C)c2Br)sc(C)c1-c1ccccc1. The molecule has 0 aliphatic carbocycles. The van der Waals surface area contributed by atoms with Gasteiger partial charge in [-0.25, -0.2) is 4.79 Å². The molecule has 0 bridgehead atoms. The third-order valence-electron chi connectivity index (χ3n) is 4.81. The van der Waals surface area contributed by atoms with E-state index in [0.717, 1.165) is 27.1 Å². The van der Waals surface area contributed by atoms with E-state index in [0.29, 0.717) is 25.8 Å². The Morgan fingerprint density at radius 1 is 1.16 bits per heavy atom. The van der Waals surface area contributed by atoms with Crippen molar-refractivity contribution in [1.29, 1.82) is 0 Å². The van der Waals surface area contributed by atoms with Crippen LogP contribution in [-0.2, 0) is 9.53 Å². The molecule has 1 amide bonds. The predicted octanol–water partition coefficient (Wildman–Crippen LogP) is 6.95. The minimum absolute atomic E-state index is 0.223. The van der Waals surface area contributed by atoms with Crippen LogP contribution in [-0.4, -0.2) is 25.1 Å². The summed E-state index contributed by atoms with van der Waals surface area (Å²) < 4.78 is 11.7. The Kier molecular flexibility index (Phi) is 7.98. The van der Waals surface area contributed by atoms with Crippen molar-refractivity contribution in [3.05, 3.63) is 67.5 Å². The third-order valence-corrected chi connectivity index (χ3v) is 7.39. The van der Waals surface area contributed by atoms with Crippen molar-refractivity contribution in [2.75, 3.05) is 18.5 Å². The first-order valence-electron chi connectivity index (χ1n) is 9.98. The lowest BCUT2D eigenvalue weighted by molar-refractivity contribution is -0.118. The Hall–Kier alpha value is -2.35. The van der Waals surface area contributed by atoms with Crippen molar-refractivity contribution < 1.29 is 19.1 Å². The number of halogens is 2. The monoisotopic (exact) mass is 535 g/mol. The summed E-state index contributed by atoms with van der Waals surface area (Å²) in [5.74, 6) is -0.329. The highest BCUT2D eigenvalue weighted by molar-refractivity contribution is 9.10. The van der Waals surface area contributed by atoms with Crippen LogP contribution in [0.4, 0.5) is 5.00 Å². The number of ether oxygens (including phenoxy) is 2. The van der Waals surface area contributed by atoms with E-state index >= 15 is 0 Å². The maximum Gasteiger partial charge on any atom is 0.341 e. The smallest absolute Gasteiger partial charge is 0.341 e. The summed E-state index contributed by atoms with van der Waals surface area (Å²) in [7, 11) is 0. The van der Waals surface area contributed by atoms with Crippen molar-refractivity contribution in [1.82, 2.24) is 0 Å². The van der Waals surface area contributed by atoms with Gasteiger partial charge < -0.3 is 14.8 Å². The molecule has 0 aliphatic rings. The molecule has 3 aromatic rings. The molecule has 0 spiro atoms. The van der Waals surface area contributed by atoms with Gasteiger partial charge in [0.25, 0.3) is 5.91 Å². The van der Waals surface area contributed by atoms with E-state index in [2.05, 4.69) is 21.2 Å². The van der Waals surface area contributed by atoms with Gasteiger partial charge >= 0.3 is 5.97 Å². The van der Waals surface area contributed by atoms with E-state index in [1.165, 1.54) is 11.3 Å². The van der Waals surface area contributed by atoms with Crippen molar-refractivity contribution >= 4 is 55.7 Å². The number of carbonyl (C=O) groups is 2. The standard InChI is InChI=1S/C24H23BrClNO4S/c1-5-30-24(29)20-19(16-9-7-6-8-10-16)15(4)32-23(20)27-18(28)12-31-17-11-13(2)22(26)14(3)21(17)25/h6-11H,5,12H2,1-4H3,(H,27,28). The van der Waals surface area contributed by atoms with Crippen molar-refractivity contribution in [3.63, 3.8) is 0 Å². The molecule has 32 heavy (non-hydrogen) atoms. The summed E-state index contributed by atoms with van der Waals surface area (Å²) >= 11 is 11.1. The van der Waals surface area contributed by atoms with Gasteiger partial charge in [0.15, 0.2) is 6.61 Å². The first kappa shape index (κ1) is 24.3. The van der Waals surface area contributed by atoms with E-state index in [-0.39, 0.29) is 19.1 Å². The van der Waals surface area contributed by atoms with Crippen LogP contribution in [0.5, 0.6) is 5.75 Å². The molecule has 0 unspecified atom stereocenters. The number of anilines is 1. The van der Waals surface area contributed by atoms with Crippen LogP contribution in [0.1, 0.15) is 33.3 Å². The Morgan fingerprint density at radius 3 is 2.50 bits per heavy atom. The van der Waals surface area contributed by atoms with Gasteiger partial charge in [0.2, 0.25) is 0 Å². The quantitative estimate of drug-likeness (QED) is 0.332. The molecule has 3 rings (SSSR count). The van der Waals surface area contributed by atoms with Crippen molar-refractivity contribution in [3.8, 4) is 16.9 Å². The number of benzene rings is 2. The maximum atomic E-state index is 12.8. The summed E-state index contributed by atoms with van der Waals surface area (Å²) in [6.07, 6.45) is 0. The number of rotatable bonds is 7. The minimum Gasteiger partial charge on any atom is -0.483 e. The molecule has 5 nitrogen and oxygen atoms in total. The fourth-order valence-electron chi connectivity index (χ4n) is 3.29. The zero-order valence-corrected chi connectivity index (χ0v) is 21.3. The zero-order valence-electron chi connectivity index (χ0n) is 18.2. The highest BCUT2D eigenvalue weighted by Gasteiger charge is 2.25. The Labute approximate surface area is 204 Å². The van der Waals surface area contributed by atoms with E-state index in [1.807, 2.05) is 51.1 Å². The Bertz CT molecular complexity index is 1160. The molecule has 8 heteroatoms. The average Bonchev–Trinajstić information content (AvgIpc) is 3.10. The number of thiophene rings is 1. The highest BCUT2D eigenvalue weighted by atomic mass is 79.9. The van der Waals surface area contributed by atoms with Crippen LogP contribution < -0.4 is 10.1 Å². The largest absolute Gasteiger partial charge is 0.483 e. The zero-order chi connectivity index (χ0) is 23.4. The lowest BCUT2D eigenvalue weighted by atomic mass is 10.0. The molecule has 1 N–H and O–H groups in total. The highest BCUT2D eigenvalue weighted by Crippen LogP contribution is 2.40. The second kappa shape index (κ2) is 10.5. The third kappa shape index (κ3) is 5.17. The van der Waals surface area contributed by atoms with Gasteiger partial charge in [-0.15, -0.1) is 11.3 Å². The van der Waals surface area contributed by atoms with Crippen LogP contribution in [0.15, 0.2) is 40.9 Å².